The molecule has 0 bridgehead atoms. The number of aromatic nitrogens is 1. The van der Waals surface area contributed by atoms with Crippen molar-refractivity contribution in [2.75, 3.05) is 18.8 Å². The van der Waals surface area contributed by atoms with Crippen LogP contribution in [0.25, 0.3) is 10.4 Å². The molecule has 0 unspecified atom stereocenters. The van der Waals surface area contributed by atoms with Crippen LogP contribution in [0.2, 0.25) is 5.02 Å². The molecule has 0 atom stereocenters. The van der Waals surface area contributed by atoms with E-state index < -0.39 is 0 Å². The Morgan fingerprint density at radius 3 is 2.68 bits per heavy atom. The maximum atomic E-state index is 12.0. The summed E-state index contributed by atoms with van der Waals surface area (Å²) >= 11 is 7.11. The van der Waals surface area contributed by atoms with Gasteiger partial charge in [0.15, 0.2) is 5.13 Å². The van der Waals surface area contributed by atoms with Gasteiger partial charge >= 0.3 is 0 Å². The maximum Gasteiger partial charge on any atom is 0.271 e. The molecule has 1 heterocycles. The third-order valence-electron chi connectivity index (χ3n) is 2.40. The second-order valence-corrected chi connectivity index (χ2v) is 5.25. The second-order valence-electron chi connectivity index (χ2n) is 3.78. The highest BCUT2D eigenvalue weighted by Gasteiger charge is 2.18. The molecule has 100 valence electrons. The average molecular weight is 297 g/mol. The lowest BCUT2D eigenvalue weighted by atomic mass is 10.1. The minimum Gasteiger partial charge on any atom is -0.375 e. The van der Waals surface area contributed by atoms with Crippen LogP contribution in [-0.2, 0) is 0 Å². The third kappa shape index (κ3) is 3.23. The number of hydrogen-bond acceptors (Lipinski definition) is 5. The molecule has 2 aromatic rings. The zero-order valence-corrected chi connectivity index (χ0v) is 11.6. The number of benzene rings is 1. The zero-order valence-electron chi connectivity index (χ0n) is 10.0. The van der Waals surface area contributed by atoms with Gasteiger partial charge in [0.2, 0.25) is 0 Å². The summed E-state index contributed by atoms with van der Waals surface area (Å²) in [6.07, 6.45) is 0. The van der Waals surface area contributed by atoms with Crippen LogP contribution >= 0.6 is 22.9 Å². The lowest BCUT2D eigenvalue weighted by Gasteiger charge is -2.03. The van der Waals surface area contributed by atoms with Crippen molar-refractivity contribution in [1.29, 1.82) is 0 Å². The third-order valence-corrected chi connectivity index (χ3v) is 3.58. The highest BCUT2D eigenvalue weighted by molar-refractivity contribution is 7.19. The van der Waals surface area contributed by atoms with Crippen molar-refractivity contribution in [2.24, 2.45) is 5.73 Å². The molecule has 0 spiro atoms. The molecule has 0 saturated heterocycles. The van der Waals surface area contributed by atoms with Crippen molar-refractivity contribution in [3.05, 3.63) is 35.0 Å². The smallest absolute Gasteiger partial charge is 0.271 e. The molecule has 5 N–H and O–H groups in total. The number of anilines is 1. The predicted molar refractivity (Wildman–Crippen MR) is 78.4 cm³/mol. The normalized spacial score (nSPS) is 10.4. The number of hydrogen-bond donors (Lipinski definition) is 3. The number of thiazole rings is 1. The van der Waals surface area contributed by atoms with Crippen molar-refractivity contribution in [2.45, 2.75) is 0 Å². The van der Waals surface area contributed by atoms with Gasteiger partial charge in [0.25, 0.3) is 5.91 Å². The van der Waals surface area contributed by atoms with E-state index in [4.69, 9.17) is 23.1 Å². The zero-order chi connectivity index (χ0) is 13.8. The Balaban J connectivity index is 2.35. The summed E-state index contributed by atoms with van der Waals surface area (Å²) in [5.74, 6) is -0.275. The van der Waals surface area contributed by atoms with Crippen LogP contribution in [0.4, 0.5) is 5.13 Å². The van der Waals surface area contributed by atoms with Crippen molar-refractivity contribution < 1.29 is 4.79 Å². The predicted octanol–water partition coefficient (Wildman–Crippen LogP) is 1.73. The Morgan fingerprint density at radius 2 is 2.05 bits per heavy atom. The SMILES string of the molecule is NCCNC(=O)c1nc(N)sc1-c1ccc(Cl)cc1. The summed E-state index contributed by atoms with van der Waals surface area (Å²) in [5, 5.41) is 3.67. The molecule has 19 heavy (non-hydrogen) atoms. The summed E-state index contributed by atoms with van der Waals surface area (Å²) in [7, 11) is 0. The van der Waals surface area contributed by atoms with Crippen molar-refractivity contribution in [3.63, 3.8) is 0 Å². The number of nitrogen functional groups attached to an aromatic ring is 1. The van der Waals surface area contributed by atoms with Gasteiger partial charge in [-0.05, 0) is 17.7 Å². The van der Waals surface area contributed by atoms with E-state index in [9.17, 15) is 4.79 Å². The van der Waals surface area contributed by atoms with E-state index in [1.807, 2.05) is 12.1 Å². The molecule has 0 aliphatic heterocycles. The van der Waals surface area contributed by atoms with E-state index in [2.05, 4.69) is 10.3 Å². The van der Waals surface area contributed by atoms with Crippen molar-refractivity contribution in [1.82, 2.24) is 10.3 Å². The molecule has 0 saturated carbocycles. The number of amides is 1. The van der Waals surface area contributed by atoms with E-state index in [0.717, 1.165) is 10.4 Å². The fraction of sp³-hybridized carbons (Fsp3) is 0.167. The molecule has 0 aliphatic carbocycles. The number of nitrogens with zero attached hydrogens (tertiary/aromatic N) is 1. The largest absolute Gasteiger partial charge is 0.375 e. The van der Waals surface area contributed by atoms with E-state index in [-0.39, 0.29) is 5.91 Å². The van der Waals surface area contributed by atoms with Gasteiger partial charge in [-0.2, -0.15) is 0 Å². The van der Waals surface area contributed by atoms with Gasteiger partial charge in [0.1, 0.15) is 5.69 Å². The van der Waals surface area contributed by atoms with Crippen LogP contribution in [0.3, 0.4) is 0 Å². The summed E-state index contributed by atoms with van der Waals surface area (Å²) in [6, 6.07) is 7.17. The van der Waals surface area contributed by atoms with Crippen LogP contribution in [-0.4, -0.2) is 24.0 Å². The molecule has 0 fully saturated rings. The first-order valence-corrected chi connectivity index (χ1v) is 6.81. The summed E-state index contributed by atoms with van der Waals surface area (Å²) in [5.41, 5.74) is 12.2. The van der Waals surface area contributed by atoms with E-state index in [1.54, 1.807) is 12.1 Å². The van der Waals surface area contributed by atoms with Gasteiger partial charge in [-0.15, -0.1) is 0 Å². The minimum atomic E-state index is -0.275. The van der Waals surface area contributed by atoms with Crippen LogP contribution in [0.5, 0.6) is 0 Å². The number of halogens is 1. The van der Waals surface area contributed by atoms with Gasteiger partial charge in [-0.1, -0.05) is 35.1 Å². The van der Waals surface area contributed by atoms with Crippen LogP contribution in [0.15, 0.2) is 24.3 Å². The fourth-order valence-corrected chi connectivity index (χ4v) is 2.52. The Labute approximate surface area is 119 Å². The second kappa shape index (κ2) is 6.01. The molecule has 5 nitrogen and oxygen atoms in total. The number of carbonyl (C=O) groups is 1. The monoisotopic (exact) mass is 296 g/mol. The highest BCUT2D eigenvalue weighted by Crippen LogP contribution is 2.32. The number of rotatable bonds is 4. The molecule has 1 aromatic carbocycles. The van der Waals surface area contributed by atoms with Gasteiger partial charge < -0.3 is 16.8 Å². The minimum absolute atomic E-state index is 0.275. The first-order chi connectivity index (χ1) is 9.11. The quantitative estimate of drug-likeness (QED) is 0.801. The lowest BCUT2D eigenvalue weighted by Crippen LogP contribution is -2.29. The summed E-state index contributed by atoms with van der Waals surface area (Å²) in [4.78, 5) is 16.8. The van der Waals surface area contributed by atoms with Crippen LogP contribution in [0.1, 0.15) is 10.5 Å². The number of carbonyl (C=O) groups excluding carboxylic acids is 1. The molecular weight excluding hydrogens is 284 g/mol. The van der Waals surface area contributed by atoms with Gasteiger partial charge in [-0.25, -0.2) is 4.98 Å². The van der Waals surface area contributed by atoms with E-state index >= 15 is 0 Å². The fourth-order valence-electron chi connectivity index (χ4n) is 1.56. The highest BCUT2D eigenvalue weighted by atomic mass is 35.5. The number of nitrogens with two attached hydrogens (primary N) is 2. The Bertz CT molecular complexity index is 582. The van der Waals surface area contributed by atoms with Gasteiger partial charge in [0, 0.05) is 18.1 Å². The number of nitrogens with one attached hydrogen (secondary N) is 1. The molecule has 2 rings (SSSR count). The molecule has 1 aromatic heterocycles. The Morgan fingerprint density at radius 1 is 1.37 bits per heavy atom. The van der Waals surface area contributed by atoms with Gasteiger partial charge in [0.05, 0.1) is 4.88 Å². The maximum absolute atomic E-state index is 12.0. The van der Waals surface area contributed by atoms with Crippen molar-refractivity contribution >= 4 is 34.0 Å². The summed E-state index contributed by atoms with van der Waals surface area (Å²) < 4.78 is 0. The summed E-state index contributed by atoms with van der Waals surface area (Å²) in [6.45, 7) is 0.776. The molecule has 0 radical (unpaired) electrons. The average Bonchev–Trinajstić information content (AvgIpc) is 2.79. The topological polar surface area (TPSA) is 94.0 Å². The van der Waals surface area contributed by atoms with Crippen LogP contribution < -0.4 is 16.8 Å². The van der Waals surface area contributed by atoms with E-state index in [1.165, 1.54) is 11.3 Å². The van der Waals surface area contributed by atoms with E-state index in [0.29, 0.717) is 28.9 Å². The van der Waals surface area contributed by atoms with Gasteiger partial charge in [-0.3, -0.25) is 4.79 Å². The molecule has 0 aliphatic rings. The first kappa shape index (κ1) is 13.8. The lowest BCUT2D eigenvalue weighted by molar-refractivity contribution is 0.0951. The standard InChI is InChI=1S/C12H13ClN4OS/c13-8-3-1-7(2-4-8)10-9(17-12(15)19-10)11(18)16-6-5-14/h1-4H,5-6,14H2,(H2,15,17)(H,16,18). The molecule has 7 heteroatoms. The Kier molecular flexibility index (Phi) is 4.36. The molecular formula is C12H13ClN4OS. The Hall–Kier alpha value is -1.63. The van der Waals surface area contributed by atoms with Crippen LogP contribution in [0, 0.1) is 0 Å². The van der Waals surface area contributed by atoms with Crippen molar-refractivity contribution in [3.8, 4) is 10.4 Å². The molecule has 1 amide bonds. The first-order valence-electron chi connectivity index (χ1n) is 5.62.